The zero-order valence-corrected chi connectivity index (χ0v) is 13.6. The van der Waals surface area contributed by atoms with Crippen LogP contribution in [0, 0.1) is 5.41 Å². The number of aliphatic hydroxyl groups excluding tert-OH is 1. The molecule has 126 valence electrons. The second-order valence-electron chi connectivity index (χ2n) is 6.98. The molecule has 2 aliphatic heterocycles. The summed E-state index contributed by atoms with van der Waals surface area (Å²) in [6.07, 6.45) is 4.18. The number of nitrogens with zero attached hydrogens (tertiary/aromatic N) is 2. The van der Waals surface area contributed by atoms with E-state index in [9.17, 15) is 15.0 Å². The van der Waals surface area contributed by atoms with E-state index in [0.29, 0.717) is 18.7 Å². The van der Waals surface area contributed by atoms with Crippen molar-refractivity contribution < 1.29 is 15.0 Å². The molecule has 2 N–H and O–H groups in total. The van der Waals surface area contributed by atoms with Gasteiger partial charge in [0.1, 0.15) is 5.75 Å². The van der Waals surface area contributed by atoms with Crippen molar-refractivity contribution in [2.24, 2.45) is 5.41 Å². The van der Waals surface area contributed by atoms with Crippen LogP contribution in [0.5, 0.6) is 5.75 Å². The molecule has 2 aliphatic rings. The van der Waals surface area contributed by atoms with Gasteiger partial charge in [0, 0.05) is 30.6 Å². The van der Waals surface area contributed by atoms with Crippen molar-refractivity contribution in [3.05, 3.63) is 29.8 Å². The first-order chi connectivity index (χ1) is 11.1. The van der Waals surface area contributed by atoms with Gasteiger partial charge in [-0.15, -0.1) is 0 Å². The minimum absolute atomic E-state index is 0.0337. The van der Waals surface area contributed by atoms with Crippen LogP contribution in [-0.4, -0.2) is 65.3 Å². The molecule has 0 aromatic heterocycles. The first-order valence-electron chi connectivity index (χ1n) is 8.53. The quantitative estimate of drug-likeness (QED) is 0.887. The molecule has 1 amide bonds. The smallest absolute Gasteiger partial charge is 0.253 e. The Morgan fingerprint density at radius 1 is 1.13 bits per heavy atom. The Bertz CT molecular complexity index is 547. The molecule has 0 aliphatic carbocycles. The number of carbonyl (C=O) groups excluding carboxylic acids is 1. The number of phenols is 1. The summed E-state index contributed by atoms with van der Waals surface area (Å²) in [6, 6.07) is 6.51. The van der Waals surface area contributed by atoms with Gasteiger partial charge in [0.25, 0.3) is 5.91 Å². The number of carbonyl (C=O) groups is 1. The van der Waals surface area contributed by atoms with Crippen molar-refractivity contribution in [1.82, 2.24) is 9.80 Å². The van der Waals surface area contributed by atoms with Gasteiger partial charge in [-0.3, -0.25) is 4.79 Å². The highest BCUT2D eigenvalue weighted by Crippen LogP contribution is 2.33. The molecule has 0 bridgehead atoms. The first kappa shape index (κ1) is 16.3. The molecule has 0 radical (unpaired) electrons. The lowest BCUT2D eigenvalue weighted by Crippen LogP contribution is -2.49. The Kier molecular flexibility index (Phi) is 4.87. The lowest BCUT2D eigenvalue weighted by atomic mass is 9.78. The maximum Gasteiger partial charge on any atom is 0.253 e. The highest BCUT2D eigenvalue weighted by Gasteiger charge is 2.37. The van der Waals surface area contributed by atoms with Gasteiger partial charge < -0.3 is 20.0 Å². The number of hydrogen-bond donors (Lipinski definition) is 2. The standard InChI is InChI=1S/C18H26N2O3/c21-14-18(13-19-8-1-2-9-19)6-10-20(11-7-18)17(23)15-4-3-5-16(22)12-15/h3-5,12,21-22H,1-2,6-11,13-14H2. The molecule has 2 saturated heterocycles. The summed E-state index contributed by atoms with van der Waals surface area (Å²) in [5.74, 6) is 0.0835. The van der Waals surface area contributed by atoms with Crippen LogP contribution < -0.4 is 0 Å². The summed E-state index contributed by atoms with van der Waals surface area (Å²) in [4.78, 5) is 16.8. The molecule has 23 heavy (non-hydrogen) atoms. The molecule has 2 fully saturated rings. The maximum absolute atomic E-state index is 12.5. The Labute approximate surface area is 137 Å². The maximum atomic E-state index is 12.5. The van der Waals surface area contributed by atoms with E-state index in [4.69, 9.17) is 0 Å². The van der Waals surface area contributed by atoms with E-state index in [1.54, 1.807) is 18.2 Å². The highest BCUT2D eigenvalue weighted by molar-refractivity contribution is 5.94. The molecular formula is C18H26N2O3. The Hall–Kier alpha value is -1.59. The van der Waals surface area contributed by atoms with E-state index < -0.39 is 0 Å². The fraction of sp³-hybridized carbons (Fsp3) is 0.611. The summed E-state index contributed by atoms with van der Waals surface area (Å²) in [5, 5.41) is 19.4. The van der Waals surface area contributed by atoms with Gasteiger partial charge >= 0.3 is 0 Å². The van der Waals surface area contributed by atoms with Crippen LogP contribution in [-0.2, 0) is 0 Å². The second-order valence-corrected chi connectivity index (χ2v) is 6.98. The molecule has 5 nitrogen and oxygen atoms in total. The van der Waals surface area contributed by atoms with Crippen LogP contribution in [0.1, 0.15) is 36.0 Å². The van der Waals surface area contributed by atoms with Crippen LogP contribution >= 0.6 is 0 Å². The molecule has 1 aromatic carbocycles. The molecule has 0 atom stereocenters. The van der Waals surface area contributed by atoms with Gasteiger partial charge in [-0.25, -0.2) is 0 Å². The second kappa shape index (κ2) is 6.89. The summed E-state index contributed by atoms with van der Waals surface area (Å²) in [7, 11) is 0. The lowest BCUT2D eigenvalue weighted by molar-refractivity contribution is 0.0179. The van der Waals surface area contributed by atoms with E-state index in [-0.39, 0.29) is 23.7 Å². The fourth-order valence-electron chi connectivity index (χ4n) is 3.79. The van der Waals surface area contributed by atoms with Crippen LogP contribution in [0.4, 0.5) is 0 Å². The van der Waals surface area contributed by atoms with E-state index in [1.807, 2.05) is 4.90 Å². The zero-order chi connectivity index (χ0) is 16.3. The Morgan fingerprint density at radius 2 is 1.83 bits per heavy atom. The van der Waals surface area contributed by atoms with Crippen molar-refractivity contribution in [3.8, 4) is 5.75 Å². The van der Waals surface area contributed by atoms with E-state index in [1.165, 1.54) is 18.9 Å². The number of aromatic hydroxyl groups is 1. The normalized spacial score (nSPS) is 21.5. The number of rotatable bonds is 4. The van der Waals surface area contributed by atoms with Crippen LogP contribution in [0.2, 0.25) is 0 Å². The fourth-order valence-corrected chi connectivity index (χ4v) is 3.79. The van der Waals surface area contributed by atoms with E-state index in [0.717, 1.165) is 32.5 Å². The number of piperidine rings is 1. The third-order valence-corrected chi connectivity index (χ3v) is 5.30. The van der Waals surface area contributed by atoms with Gasteiger partial charge in [0.15, 0.2) is 0 Å². The van der Waals surface area contributed by atoms with E-state index >= 15 is 0 Å². The summed E-state index contributed by atoms with van der Waals surface area (Å²) < 4.78 is 0. The predicted octanol–water partition coefficient (Wildman–Crippen LogP) is 1.70. The average Bonchev–Trinajstić information content (AvgIpc) is 3.07. The van der Waals surface area contributed by atoms with Crippen molar-refractivity contribution in [1.29, 1.82) is 0 Å². The van der Waals surface area contributed by atoms with E-state index in [2.05, 4.69) is 4.90 Å². The van der Waals surface area contributed by atoms with Crippen molar-refractivity contribution in [3.63, 3.8) is 0 Å². The molecule has 3 rings (SSSR count). The minimum atomic E-state index is -0.0695. The molecule has 2 heterocycles. The number of benzene rings is 1. The van der Waals surface area contributed by atoms with Gasteiger partial charge in [0.2, 0.25) is 0 Å². The summed E-state index contributed by atoms with van der Waals surface area (Å²) in [5.41, 5.74) is 0.459. The Balaban J connectivity index is 1.61. The topological polar surface area (TPSA) is 64.0 Å². The zero-order valence-electron chi connectivity index (χ0n) is 13.6. The van der Waals surface area contributed by atoms with Crippen LogP contribution in [0.15, 0.2) is 24.3 Å². The highest BCUT2D eigenvalue weighted by atomic mass is 16.3. The molecule has 0 saturated carbocycles. The summed E-state index contributed by atoms with van der Waals surface area (Å²) in [6.45, 7) is 4.74. The van der Waals surface area contributed by atoms with Gasteiger partial charge in [-0.05, 0) is 57.0 Å². The molecular weight excluding hydrogens is 292 g/mol. The third kappa shape index (κ3) is 3.67. The number of likely N-dealkylation sites (tertiary alicyclic amines) is 2. The third-order valence-electron chi connectivity index (χ3n) is 5.30. The van der Waals surface area contributed by atoms with Crippen molar-refractivity contribution >= 4 is 5.91 Å². The van der Waals surface area contributed by atoms with Crippen LogP contribution in [0.25, 0.3) is 0 Å². The monoisotopic (exact) mass is 318 g/mol. The number of aliphatic hydroxyl groups is 1. The van der Waals surface area contributed by atoms with Gasteiger partial charge in [0.05, 0.1) is 6.61 Å². The number of hydrogen-bond acceptors (Lipinski definition) is 4. The molecule has 0 spiro atoms. The van der Waals surface area contributed by atoms with Gasteiger partial charge in [-0.1, -0.05) is 6.07 Å². The molecule has 5 heteroatoms. The average molecular weight is 318 g/mol. The SMILES string of the molecule is O=C(c1cccc(O)c1)N1CCC(CO)(CN2CCCC2)CC1. The Morgan fingerprint density at radius 3 is 2.43 bits per heavy atom. The number of phenolic OH excluding ortho intramolecular Hbond substituents is 1. The van der Waals surface area contributed by atoms with Crippen molar-refractivity contribution in [2.75, 3.05) is 39.3 Å². The van der Waals surface area contributed by atoms with Crippen molar-refractivity contribution in [2.45, 2.75) is 25.7 Å². The van der Waals surface area contributed by atoms with Gasteiger partial charge in [-0.2, -0.15) is 0 Å². The summed E-state index contributed by atoms with van der Waals surface area (Å²) >= 11 is 0. The molecule has 1 aromatic rings. The number of amides is 1. The minimum Gasteiger partial charge on any atom is -0.508 e. The first-order valence-corrected chi connectivity index (χ1v) is 8.53. The molecule has 0 unspecified atom stereocenters. The predicted molar refractivity (Wildman–Crippen MR) is 88.4 cm³/mol. The largest absolute Gasteiger partial charge is 0.508 e. The van der Waals surface area contributed by atoms with Crippen LogP contribution in [0.3, 0.4) is 0 Å². The lowest BCUT2D eigenvalue weighted by Gasteiger charge is -2.42.